The number of ether oxygens (including phenoxy) is 15. The van der Waals surface area contributed by atoms with Gasteiger partial charge in [-0.3, -0.25) is 4.79 Å². The average molecular weight is 1080 g/mol. The molecule has 0 aliphatic carbocycles. The van der Waals surface area contributed by atoms with Gasteiger partial charge in [-0.2, -0.15) is 0 Å². The molecule has 0 amide bonds. The highest BCUT2D eigenvalue weighted by Gasteiger charge is 2.66. The average Bonchev–Trinajstić information content (AvgIpc) is 4.14. The van der Waals surface area contributed by atoms with Crippen LogP contribution in [0.25, 0.3) is 0 Å². The number of carbonyl (C=O) groups excluding carboxylic acids is 1. The molecule has 0 saturated carbocycles. The van der Waals surface area contributed by atoms with E-state index in [4.69, 9.17) is 76.8 Å². The fraction of sp³-hybridized carbons (Fsp3) is 0.915. The summed E-state index contributed by atoms with van der Waals surface area (Å²) in [6, 6.07) is 0. The van der Waals surface area contributed by atoms with Crippen LogP contribution in [0.5, 0.6) is 0 Å². The predicted octanol–water partition coefficient (Wildman–Crippen LogP) is 5.78. The Kier molecular flexibility index (Phi) is 14.0. The van der Waals surface area contributed by atoms with Crippen molar-refractivity contribution in [3.63, 3.8) is 0 Å². The van der Waals surface area contributed by atoms with E-state index < -0.39 is 41.8 Å². The molecule has 14 rings (SSSR count). The molecule has 0 aromatic rings. The molecule has 30 atom stereocenters. The van der Waals surface area contributed by atoms with E-state index in [2.05, 4.69) is 40.9 Å². The number of carbonyl (C=O) groups is 1. The van der Waals surface area contributed by atoms with Crippen molar-refractivity contribution >= 4 is 5.97 Å². The van der Waals surface area contributed by atoms with Gasteiger partial charge in [0.15, 0.2) is 17.4 Å². The maximum absolute atomic E-state index is 14.5. The lowest BCUT2D eigenvalue weighted by Crippen LogP contribution is -2.63. The topological polar surface area (TPSA) is 202 Å². The molecule has 77 heavy (non-hydrogen) atoms. The number of hydrogen-bond acceptors (Lipinski definition) is 18. The first-order chi connectivity index (χ1) is 37.0. The Morgan fingerprint density at radius 2 is 1.21 bits per heavy atom. The van der Waals surface area contributed by atoms with E-state index in [9.17, 15) is 9.90 Å². The van der Waals surface area contributed by atoms with Crippen molar-refractivity contribution in [1.82, 2.24) is 0 Å². The second-order valence-electron chi connectivity index (χ2n) is 26.7. The van der Waals surface area contributed by atoms with Crippen LogP contribution in [0, 0.1) is 23.7 Å². The van der Waals surface area contributed by atoms with E-state index in [-0.39, 0.29) is 159 Å². The van der Waals surface area contributed by atoms with E-state index >= 15 is 0 Å². The highest BCUT2D eigenvalue weighted by molar-refractivity contribution is 5.70. The van der Waals surface area contributed by atoms with Crippen LogP contribution in [0.15, 0.2) is 24.3 Å². The van der Waals surface area contributed by atoms with Crippen molar-refractivity contribution in [1.29, 1.82) is 0 Å². The van der Waals surface area contributed by atoms with Crippen LogP contribution in [0.3, 0.4) is 0 Å². The quantitative estimate of drug-likeness (QED) is 0.249. The summed E-state index contributed by atoms with van der Waals surface area (Å²) in [6.07, 6.45) is 5.01. The third kappa shape index (κ3) is 9.59. The molecular weight excluding hydrogens is 995 g/mol. The van der Waals surface area contributed by atoms with Gasteiger partial charge in [0.25, 0.3) is 0 Å². The maximum Gasteiger partial charge on any atom is 0.308 e. The number of esters is 1. The zero-order valence-electron chi connectivity index (χ0n) is 46.0. The Morgan fingerprint density at radius 1 is 0.545 bits per heavy atom. The van der Waals surface area contributed by atoms with Gasteiger partial charge in [-0.1, -0.05) is 40.9 Å². The van der Waals surface area contributed by atoms with Gasteiger partial charge in [0.1, 0.15) is 18.3 Å². The number of aliphatic hydroxyl groups excluding tert-OH is 1. The Bertz CT molecular complexity index is 2240. The standard InChI is InChI=1S/C59H87NO17/c1-27-14-33-8-10-37-28(2)15-35(64-37)12-13-57-24-47(63-7)56(77-57)43-20-45(73-57)55-38(67-43)11-9-34(66-55)16-50(62)71-54-32(6)53-42(68-41(54)18-39(65-33)31(27)5)19-40-46(69-53)23-59(72-40)25-48-52(76-59)30(4)22-58(75-48)21-29(3)51-44(74-58)17-36(61)49(26-60)70-51/h27,29-30,32-49,51-56,61H,2,5,8-26,60H2,1,3-4,6-7H3/t27-,29+,30+,32+,33+,34-,35+,36-,37+,38+,39-,40-,41+,42+,43-,44+,45-,46-,47-,48+,49-,51+,52+,53?,54-,55+,56-,57-,58-,59+/m1/s1. The minimum atomic E-state index is -0.897. The number of hydrogen-bond donors (Lipinski definition) is 2. The first kappa shape index (κ1) is 53.3. The minimum absolute atomic E-state index is 0.00796. The van der Waals surface area contributed by atoms with Crippen molar-refractivity contribution in [3.8, 4) is 0 Å². The first-order valence-corrected chi connectivity index (χ1v) is 30.2. The molecule has 10 bridgehead atoms. The molecule has 3 N–H and O–H groups in total. The van der Waals surface area contributed by atoms with Crippen LogP contribution in [0.2, 0.25) is 0 Å². The van der Waals surface area contributed by atoms with Gasteiger partial charge in [0.2, 0.25) is 0 Å². The van der Waals surface area contributed by atoms with E-state index in [0.29, 0.717) is 70.6 Å². The molecule has 14 heterocycles. The first-order valence-electron chi connectivity index (χ1n) is 30.2. The van der Waals surface area contributed by atoms with Gasteiger partial charge in [0, 0.05) is 83.8 Å². The normalized spacial score (nSPS) is 57.3. The lowest BCUT2D eigenvalue weighted by molar-refractivity contribution is -0.370. The Balaban J connectivity index is 0.695. The number of fused-ring (bicyclic) bond motifs is 13. The second kappa shape index (κ2) is 20.3. The van der Waals surface area contributed by atoms with Gasteiger partial charge in [-0.15, -0.1) is 0 Å². The predicted molar refractivity (Wildman–Crippen MR) is 272 cm³/mol. The van der Waals surface area contributed by atoms with E-state index in [1.165, 1.54) is 0 Å². The molecule has 14 saturated heterocycles. The van der Waals surface area contributed by atoms with Crippen LogP contribution in [0.4, 0.5) is 0 Å². The molecule has 14 aliphatic rings. The monoisotopic (exact) mass is 1080 g/mol. The number of methoxy groups -OCH3 is 1. The van der Waals surface area contributed by atoms with Crippen molar-refractivity contribution in [2.24, 2.45) is 29.4 Å². The van der Waals surface area contributed by atoms with Crippen LogP contribution in [-0.4, -0.2) is 182 Å². The fourth-order valence-corrected chi connectivity index (χ4v) is 17.6. The van der Waals surface area contributed by atoms with E-state index in [0.717, 1.165) is 49.7 Å². The van der Waals surface area contributed by atoms with Crippen LogP contribution in [-0.2, 0) is 75.8 Å². The summed E-state index contributed by atoms with van der Waals surface area (Å²) >= 11 is 0. The van der Waals surface area contributed by atoms with Gasteiger partial charge in [-0.05, 0) is 73.8 Å². The van der Waals surface area contributed by atoms with Crippen molar-refractivity contribution < 1.29 is 81.0 Å². The minimum Gasteiger partial charge on any atom is -0.459 e. The molecule has 3 spiro atoms. The molecule has 0 aromatic heterocycles. The molecule has 18 heteroatoms. The number of aliphatic hydroxyl groups is 1. The lowest BCUT2D eigenvalue weighted by Gasteiger charge is -2.54. The highest BCUT2D eigenvalue weighted by atomic mass is 16.8. The SMILES string of the molecule is C=C1C[C@@H]2CC[C@]34C[C@@H](OC)[C@H](O3)[C@H]3C[C@@H](O4)[C@H]4O[C@H](CC[C@@H]4O3)CC(=O)O[C@H]3[C@H](C[C@H]4O[C@@H](CC[C@@H]1O2)C[C@@H](C)C4=C)O[C@H]1C[C@H]2O[C@@]4(C[C@@H]5O[C@]6(C[C@H](C)[C@@H]7O[C@H](CN)[C@H](O)C[C@@H]7O6)C[C@H](C)[C@@H]5O4)C[C@H]2OC1[C@@H]3C. The van der Waals surface area contributed by atoms with E-state index in [1.54, 1.807) is 7.11 Å². The summed E-state index contributed by atoms with van der Waals surface area (Å²) in [7, 11) is 1.75. The molecular formula is C59H87NO17. The lowest BCUT2D eigenvalue weighted by atomic mass is 9.78. The molecule has 14 fully saturated rings. The van der Waals surface area contributed by atoms with Gasteiger partial charge in [-0.25, -0.2) is 0 Å². The summed E-state index contributed by atoms with van der Waals surface area (Å²) in [5.74, 6) is -2.61. The van der Waals surface area contributed by atoms with Gasteiger partial charge >= 0.3 is 5.97 Å². The Morgan fingerprint density at radius 3 is 2.04 bits per heavy atom. The van der Waals surface area contributed by atoms with E-state index in [1.807, 2.05) is 0 Å². The van der Waals surface area contributed by atoms with Crippen molar-refractivity contribution in [2.75, 3.05) is 13.7 Å². The zero-order chi connectivity index (χ0) is 52.9. The van der Waals surface area contributed by atoms with Crippen molar-refractivity contribution in [2.45, 2.75) is 301 Å². The largest absolute Gasteiger partial charge is 0.459 e. The second-order valence-corrected chi connectivity index (χ2v) is 26.7. The molecule has 14 aliphatic heterocycles. The Hall–Kier alpha value is -1.69. The Labute approximate surface area is 453 Å². The molecule has 0 aromatic carbocycles. The van der Waals surface area contributed by atoms with Crippen molar-refractivity contribution in [3.05, 3.63) is 24.3 Å². The summed E-state index contributed by atoms with van der Waals surface area (Å²) in [5, 5.41) is 10.9. The van der Waals surface area contributed by atoms with Crippen LogP contribution >= 0.6 is 0 Å². The molecule has 430 valence electrons. The molecule has 0 radical (unpaired) electrons. The van der Waals surface area contributed by atoms with Gasteiger partial charge < -0.3 is 81.9 Å². The fourth-order valence-electron chi connectivity index (χ4n) is 17.6. The summed E-state index contributed by atoms with van der Waals surface area (Å²) in [6.45, 7) is 18.2. The zero-order valence-corrected chi connectivity index (χ0v) is 46.0. The van der Waals surface area contributed by atoms with Crippen LogP contribution in [0.1, 0.15) is 143 Å². The molecule has 1 unspecified atom stereocenters. The van der Waals surface area contributed by atoms with Crippen LogP contribution < -0.4 is 5.73 Å². The summed E-state index contributed by atoms with van der Waals surface area (Å²) in [5.41, 5.74) is 8.12. The van der Waals surface area contributed by atoms with Gasteiger partial charge in [0.05, 0.1) is 129 Å². The maximum atomic E-state index is 14.5. The smallest absolute Gasteiger partial charge is 0.308 e. The third-order valence-corrected chi connectivity index (χ3v) is 21.4. The number of nitrogens with two attached hydrogens (primary N) is 1. The molecule has 18 nitrogen and oxygen atoms in total. The third-order valence-electron chi connectivity index (χ3n) is 21.4. The number of rotatable bonds is 2. The summed E-state index contributed by atoms with van der Waals surface area (Å²) in [4.78, 5) is 14.5. The summed E-state index contributed by atoms with van der Waals surface area (Å²) < 4.78 is 103. The highest BCUT2D eigenvalue weighted by Crippen LogP contribution is 2.56.